The molecule has 1 nitrogen and oxygen atoms in total. The molecule has 0 amide bonds. The van der Waals surface area contributed by atoms with Gasteiger partial charge in [0.15, 0.2) is 0 Å². The lowest BCUT2D eigenvalue weighted by Gasteiger charge is -2.17. The summed E-state index contributed by atoms with van der Waals surface area (Å²) in [6.45, 7) is 2.62. The summed E-state index contributed by atoms with van der Waals surface area (Å²) in [5.74, 6) is 2.04. The van der Waals surface area contributed by atoms with Crippen LogP contribution < -0.4 is 5.32 Å². The van der Waals surface area contributed by atoms with E-state index in [1.54, 1.807) is 0 Å². The zero-order valence-corrected chi connectivity index (χ0v) is 9.43. The molecule has 0 aromatic carbocycles. The predicted octanol–water partition coefficient (Wildman–Crippen LogP) is 3.35. The van der Waals surface area contributed by atoms with Gasteiger partial charge in [-0.1, -0.05) is 44.9 Å². The molecule has 0 aromatic heterocycles. The summed E-state index contributed by atoms with van der Waals surface area (Å²) < 4.78 is 0. The van der Waals surface area contributed by atoms with E-state index in [0.29, 0.717) is 0 Å². The van der Waals surface area contributed by atoms with Crippen LogP contribution in [0.1, 0.15) is 57.8 Å². The van der Waals surface area contributed by atoms with Crippen LogP contribution in [0.2, 0.25) is 0 Å². The molecule has 2 fully saturated rings. The zero-order valence-electron chi connectivity index (χ0n) is 9.43. The molecule has 1 aliphatic heterocycles. The van der Waals surface area contributed by atoms with Crippen LogP contribution >= 0.6 is 0 Å². The van der Waals surface area contributed by atoms with Gasteiger partial charge in [0.2, 0.25) is 0 Å². The van der Waals surface area contributed by atoms with Gasteiger partial charge >= 0.3 is 0 Å². The molecule has 0 spiro atoms. The Bertz CT molecular complexity index is 139. The van der Waals surface area contributed by atoms with E-state index in [0.717, 1.165) is 11.8 Å². The van der Waals surface area contributed by atoms with E-state index in [-0.39, 0.29) is 0 Å². The Hall–Kier alpha value is -0.0400. The Labute approximate surface area is 88.7 Å². The number of rotatable bonds is 0. The molecule has 2 aliphatic rings. The van der Waals surface area contributed by atoms with Crippen molar-refractivity contribution in [3.05, 3.63) is 0 Å². The normalized spacial score (nSPS) is 36.0. The van der Waals surface area contributed by atoms with Gasteiger partial charge in [-0.3, -0.25) is 0 Å². The SMILES string of the molecule is C1CCCCC2CNC[C@H]2CCCC1. The Kier molecular flexibility index (Phi) is 4.30. The second kappa shape index (κ2) is 5.75. The minimum atomic E-state index is 1.02. The van der Waals surface area contributed by atoms with E-state index >= 15 is 0 Å². The highest BCUT2D eigenvalue weighted by atomic mass is 14.9. The van der Waals surface area contributed by atoms with Gasteiger partial charge in [0.05, 0.1) is 0 Å². The lowest BCUT2D eigenvalue weighted by atomic mass is 9.87. The largest absolute Gasteiger partial charge is 0.316 e. The second-order valence-corrected chi connectivity index (χ2v) is 5.23. The molecule has 1 N–H and O–H groups in total. The average molecular weight is 195 g/mol. The van der Waals surface area contributed by atoms with Gasteiger partial charge in [-0.25, -0.2) is 0 Å². The number of nitrogens with one attached hydrogen (secondary N) is 1. The van der Waals surface area contributed by atoms with Gasteiger partial charge in [0.25, 0.3) is 0 Å². The molecular weight excluding hydrogens is 170 g/mol. The first-order valence-electron chi connectivity index (χ1n) is 6.67. The predicted molar refractivity (Wildman–Crippen MR) is 61.4 cm³/mol. The van der Waals surface area contributed by atoms with Crippen LogP contribution in [0.4, 0.5) is 0 Å². The molecule has 1 saturated carbocycles. The van der Waals surface area contributed by atoms with Crippen molar-refractivity contribution in [1.29, 1.82) is 0 Å². The van der Waals surface area contributed by atoms with Crippen LogP contribution in [0, 0.1) is 11.8 Å². The van der Waals surface area contributed by atoms with Crippen LogP contribution in [0.25, 0.3) is 0 Å². The van der Waals surface area contributed by atoms with E-state index in [1.807, 2.05) is 0 Å². The third kappa shape index (κ3) is 2.98. The molecule has 82 valence electrons. The molecule has 1 heteroatoms. The average Bonchev–Trinajstić information content (AvgIpc) is 2.61. The Morgan fingerprint density at radius 3 is 1.50 bits per heavy atom. The van der Waals surface area contributed by atoms with Gasteiger partial charge in [0.1, 0.15) is 0 Å². The summed E-state index contributed by atoms with van der Waals surface area (Å²) in [7, 11) is 0. The van der Waals surface area contributed by atoms with Crippen LogP contribution in [0.3, 0.4) is 0 Å². The molecule has 14 heavy (non-hydrogen) atoms. The Morgan fingerprint density at radius 2 is 1.00 bits per heavy atom. The molecule has 1 unspecified atom stereocenters. The summed E-state index contributed by atoms with van der Waals surface area (Å²) in [5, 5.41) is 3.58. The second-order valence-electron chi connectivity index (χ2n) is 5.23. The van der Waals surface area contributed by atoms with Gasteiger partial charge in [-0.2, -0.15) is 0 Å². The summed E-state index contributed by atoms with van der Waals surface area (Å²) >= 11 is 0. The topological polar surface area (TPSA) is 12.0 Å². The molecule has 2 rings (SSSR count). The Morgan fingerprint density at radius 1 is 0.571 bits per heavy atom. The zero-order chi connectivity index (χ0) is 9.64. The maximum atomic E-state index is 3.58. The van der Waals surface area contributed by atoms with E-state index in [2.05, 4.69) is 5.32 Å². The summed E-state index contributed by atoms with van der Waals surface area (Å²) in [6, 6.07) is 0. The molecule has 0 aromatic rings. The maximum Gasteiger partial charge on any atom is -0.00173 e. The van der Waals surface area contributed by atoms with Crippen molar-refractivity contribution in [2.75, 3.05) is 13.1 Å². The van der Waals surface area contributed by atoms with E-state index in [1.165, 1.54) is 70.9 Å². The lowest BCUT2D eigenvalue weighted by Crippen LogP contribution is -2.12. The fraction of sp³-hybridized carbons (Fsp3) is 1.00. The van der Waals surface area contributed by atoms with Crippen molar-refractivity contribution in [2.45, 2.75) is 57.8 Å². The van der Waals surface area contributed by atoms with Crippen LogP contribution in [0.15, 0.2) is 0 Å². The van der Waals surface area contributed by atoms with Gasteiger partial charge in [-0.05, 0) is 37.8 Å². The third-order valence-corrected chi connectivity index (χ3v) is 4.13. The van der Waals surface area contributed by atoms with Crippen molar-refractivity contribution in [3.8, 4) is 0 Å². The molecule has 0 bridgehead atoms. The fourth-order valence-corrected chi connectivity index (χ4v) is 3.16. The molecule has 2 atom stereocenters. The summed E-state index contributed by atoms with van der Waals surface area (Å²) in [6.07, 6.45) is 13.4. The Balaban J connectivity index is 1.80. The number of hydrogen-bond donors (Lipinski definition) is 1. The lowest BCUT2D eigenvalue weighted by molar-refractivity contribution is 0.354. The summed E-state index contributed by atoms with van der Waals surface area (Å²) in [4.78, 5) is 0. The highest BCUT2D eigenvalue weighted by Crippen LogP contribution is 2.28. The minimum Gasteiger partial charge on any atom is -0.316 e. The molecule has 0 radical (unpaired) electrons. The first-order chi connectivity index (χ1) is 6.97. The van der Waals surface area contributed by atoms with Gasteiger partial charge < -0.3 is 5.32 Å². The van der Waals surface area contributed by atoms with Crippen molar-refractivity contribution < 1.29 is 0 Å². The number of fused-ring (bicyclic) bond motifs is 1. The molecule has 1 aliphatic carbocycles. The van der Waals surface area contributed by atoms with Crippen LogP contribution in [0.5, 0.6) is 0 Å². The number of hydrogen-bond acceptors (Lipinski definition) is 1. The highest BCUT2D eigenvalue weighted by molar-refractivity contribution is 4.81. The highest BCUT2D eigenvalue weighted by Gasteiger charge is 2.25. The van der Waals surface area contributed by atoms with Crippen molar-refractivity contribution in [2.24, 2.45) is 11.8 Å². The molecule has 1 heterocycles. The summed E-state index contributed by atoms with van der Waals surface area (Å²) in [5.41, 5.74) is 0. The van der Waals surface area contributed by atoms with Crippen LogP contribution in [-0.4, -0.2) is 13.1 Å². The van der Waals surface area contributed by atoms with Crippen LogP contribution in [-0.2, 0) is 0 Å². The molecular formula is C13H25N. The third-order valence-electron chi connectivity index (χ3n) is 4.13. The molecule has 1 saturated heterocycles. The minimum absolute atomic E-state index is 1.02. The van der Waals surface area contributed by atoms with Crippen molar-refractivity contribution >= 4 is 0 Å². The van der Waals surface area contributed by atoms with E-state index in [4.69, 9.17) is 0 Å². The van der Waals surface area contributed by atoms with Gasteiger partial charge in [0, 0.05) is 0 Å². The van der Waals surface area contributed by atoms with Crippen molar-refractivity contribution in [3.63, 3.8) is 0 Å². The van der Waals surface area contributed by atoms with Crippen molar-refractivity contribution in [1.82, 2.24) is 5.32 Å². The quantitative estimate of drug-likeness (QED) is 0.625. The smallest absolute Gasteiger partial charge is 0.00173 e. The van der Waals surface area contributed by atoms with E-state index in [9.17, 15) is 0 Å². The van der Waals surface area contributed by atoms with E-state index < -0.39 is 0 Å². The first-order valence-corrected chi connectivity index (χ1v) is 6.67. The standard InChI is InChI=1S/C13H25N/c1-2-4-6-8-12-10-14-11-13(12)9-7-5-3-1/h12-14H,1-11H2/t12-,13?/m1/s1. The monoisotopic (exact) mass is 195 g/mol. The fourth-order valence-electron chi connectivity index (χ4n) is 3.16. The maximum absolute atomic E-state index is 3.58. The first kappa shape index (κ1) is 10.5. The van der Waals surface area contributed by atoms with Gasteiger partial charge in [-0.15, -0.1) is 0 Å².